The fourth-order valence-corrected chi connectivity index (χ4v) is 3.22. The Morgan fingerprint density at radius 1 is 1.25 bits per heavy atom. The normalized spacial score (nSPS) is 18.5. The lowest BCUT2D eigenvalue weighted by atomic mass is 9.88. The number of pyridine rings is 1. The Labute approximate surface area is 123 Å². The van der Waals surface area contributed by atoms with Crippen molar-refractivity contribution in [3.63, 3.8) is 0 Å². The summed E-state index contributed by atoms with van der Waals surface area (Å²) < 4.78 is 5.71. The van der Waals surface area contributed by atoms with Gasteiger partial charge in [0.25, 0.3) is 0 Å². The first-order chi connectivity index (χ1) is 9.85. The minimum absolute atomic E-state index is 0.408. The van der Waals surface area contributed by atoms with E-state index in [1.54, 1.807) is 0 Å². The third-order valence-corrected chi connectivity index (χ3v) is 4.25. The van der Waals surface area contributed by atoms with Crippen LogP contribution in [0.1, 0.15) is 63.5 Å². The molecule has 0 saturated heterocycles. The van der Waals surface area contributed by atoms with E-state index in [4.69, 9.17) is 4.74 Å². The highest BCUT2D eigenvalue weighted by Crippen LogP contribution is 2.34. The second-order valence-electron chi connectivity index (χ2n) is 5.82. The lowest BCUT2D eigenvalue weighted by Gasteiger charge is -2.26. The van der Waals surface area contributed by atoms with Gasteiger partial charge in [-0.1, -0.05) is 32.6 Å². The van der Waals surface area contributed by atoms with E-state index >= 15 is 0 Å². The van der Waals surface area contributed by atoms with Crippen LogP contribution in [-0.4, -0.2) is 18.6 Å². The van der Waals surface area contributed by atoms with Gasteiger partial charge < -0.3 is 10.1 Å². The molecule has 1 fully saturated rings. The monoisotopic (exact) mass is 276 g/mol. The zero-order valence-electron chi connectivity index (χ0n) is 12.9. The Kier molecular flexibility index (Phi) is 6.31. The van der Waals surface area contributed by atoms with E-state index in [0.717, 1.165) is 24.7 Å². The predicted molar refractivity (Wildman–Crippen MR) is 83.0 cm³/mol. The largest absolute Gasteiger partial charge is 0.492 e. The van der Waals surface area contributed by atoms with Crippen molar-refractivity contribution in [3.8, 4) is 5.75 Å². The van der Waals surface area contributed by atoms with Crippen molar-refractivity contribution in [1.29, 1.82) is 0 Å². The van der Waals surface area contributed by atoms with Crippen molar-refractivity contribution >= 4 is 0 Å². The minimum Gasteiger partial charge on any atom is -0.492 e. The van der Waals surface area contributed by atoms with Crippen LogP contribution >= 0.6 is 0 Å². The topological polar surface area (TPSA) is 34.1 Å². The number of hydrogen-bond donors (Lipinski definition) is 1. The summed E-state index contributed by atoms with van der Waals surface area (Å²) in [6.07, 6.45) is 13.0. The highest BCUT2D eigenvalue weighted by molar-refractivity contribution is 5.26. The maximum absolute atomic E-state index is 5.71. The molecule has 1 unspecified atom stereocenters. The van der Waals surface area contributed by atoms with Crippen LogP contribution in [0.15, 0.2) is 18.5 Å². The van der Waals surface area contributed by atoms with E-state index in [9.17, 15) is 0 Å². The molecule has 3 nitrogen and oxygen atoms in total. The number of nitrogens with zero attached hydrogens (tertiary/aromatic N) is 1. The van der Waals surface area contributed by atoms with E-state index in [0.29, 0.717) is 6.04 Å². The second kappa shape index (κ2) is 8.25. The smallest absolute Gasteiger partial charge is 0.137 e. The van der Waals surface area contributed by atoms with Gasteiger partial charge in [0.2, 0.25) is 0 Å². The van der Waals surface area contributed by atoms with Gasteiger partial charge in [0.15, 0.2) is 0 Å². The van der Waals surface area contributed by atoms with Crippen LogP contribution in [0, 0.1) is 5.92 Å². The summed E-state index contributed by atoms with van der Waals surface area (Å²) in [6.45, 7) is 2.89. The molecule has 1 aromatic heterocycles. The molecular weight excluding hydrogens is 248 g/mol. The molecule has 1 N–H and O–H groups in total. The van der Waals surface area contributed by atoms with Crippen molar-refractivity contribution in [2.24, 2.45) is 5.92 Å². The van der Waals surface area contributed by atoms with Gasteiger partial charge in [-0.05, 0) is 43.9 Å². The first-order valence-corrected chi connectivity index (χ1v) is 8.10. The number of nitrogens with one attached hydrogen (secondary N) is 1. The van der Waals surface area contributed by atoms with Crippen molar-refractivity contribution in [2.75, 3.05) is 13.7 Å². The van der Waals surface area contributed by atoms with Crippen molar-refractivity contribution in [3.05, 3.63) is 24.0 Å². The fourth-order valence-electron chi connectivity index (χ4n) is 3.22. The SMILES string of the molecule is CCCOc1cncc(C(NC)C2CCCCCC2)c1. The highest BCUT2D eigenvalue weighted by atomic mass is 16.5. The maximum Gasteiger partial charge on any atom is 0.137 e. The molecule has 0 radical (unpaired) electrons. The highest BCUT2D eigenvalue weighted by Gasteiger charge is 2.23. The molecule has 0 bridgehead atoms. The fraction of sp³-hybridized carbons (Fsp3) is 0.706. The molecule has 1 saturated carbocycles. The summed E-state index contributed by atoms with van der Waals surface area (Å²) in [5.74, 6) is 1.63. The Morgan fingerprint density at radius 2 is 2.00 bits per heavy atom. The van der Waals surface area contributed by atoms with E-state index in [1.165, 1.54) is 44.1 Å². The minimum atomic E-state index is 0.408. The molecule has 1 atom stereocenters. The Hall–Kier alpha value is -1.09. The van der Waals surface area contributed by atoms with E-state index in [-0.39, 0.29) is 0 Å². The molecule has 112 valence electrons. The van der Waals surface area contributed by atoms with Gasteiger partial charge in [0.05, 0.1) is 12.8 Å². The molecule has 1 aromatic rings. The molecule has 20 heavy (non-hydrogen) atoms. The van der Waals surface area contributed by atoms with Gasteiger partial charge in [-0.3, -0.25) is 4.98 Å². The molecule has 0 aromatic carbocycles. The summed E-state index contributed by atoms with van der Waals surface area (Å²) in [7, 11) is 2.06. The van der Waals surface area contributed by atoms with Gasteiger partial charge in [-0.15, -0.1) is 0 Å². The summed E-state index contributed by atoms with van der Waals surface area (Å²) >= 11 is 0. The van der Waals surface area contributed by atoms with Crippen molar-refractivity contribution in [2.45, 2.75) is 57.9 Å². The van der Waals surface area contributed by atoms with Gasteiger partial charge >= 0.3 is 0 Å². The molecule has 1 aliphatic carbocycles. The van der Waals surface area contributed by atoms with Gasteiger partial charge in [0.1, 0.15) is 5.75 Å². The second-order valence-corrected chi connectivity index (χ2v) is 5.82. The molecular formula is C17H28N2O. The lowest BCUT2D eigenvalue weighted by Crippen LogP contribution is -2.25. The van der Waals surface area contributed by atoms with Crippen LogP contribution in [-0.2, 0) is 0 Å². The van der Waals surface area contributed by atoms with Crippen molar-refractivity contribution in [1.82, 2.24) is 10.3 Å². The third-order valence-electron chi connectivity index (χ3n) is 4.25. The van der Waals surface area contributed by atoms with Crippen LogP contribution in [0.2, 0.25) is 0 Å². The zero-order valence-corrected chi connectivity index (χ0v) is 12.9. The summed E-state index contributed by atoms with van der Waals surface area (Å²) in [6, 6.07) is 2.57. The summed E-state index contributed by atoms with van der Waals surface area (Å²) in [5.41, 5.74) is 1.27. The molecule has 0 aliphatic heterocycles. The van der Waals surface area contributed by atoms with E-state index in [2.05, 4.69) is 30.3 Å². The molecule has 0 amide bonds. The van der Waals surface area contributed by atoms with E-state index in [1.807, 2.05) is 12.4 Å². The number of ether oxygens (including phenoxy) is 1. The average Bonchev–Trinajstić information content (AvgIpc) is 2.76. The molecule has 0 spiro atoms. The third kappa shape index (κ3) is 4.20. The zero-order chi connectivity index (χ0) is 14.2. The van der Waals surface area contributed by atoms with Gasteiger partial charge in [0, 0.05) is 12.2 Å². The van der Waals surface area contributed by atoms with Crippen LogP contribution in [0.5, 0.6) is 5.75 Å². The Bertz CT molecular complexity index is 386. The quantitative estimate of drug-likeness (QED) is 0.794. The van der Waals surface area contributed by atoms with Gasteiger partial charge in [-0.25, -0.2) is 0 Å². The standard InChI is InChI=1S/C17H28N2O/c1-3-10-20-16-11-15(12-19-13-16)17(18-2)14-8-6-4-5-7-9-14/h11-14,17-18H,3-10H2,1-2H3. The number of hydrogen-bond acceptors (Lipinski definition) is 3. The number of aromatic nitrogens is 1. The van der Waals surface area contributed by atoms with Crippen LogP contribution in [0.3, 0.4) is 0 Å². The first kappa shape index (κ1) is 15.3. The lowest BCUT2D eigenvalue weighted by molar-refractivity contribution is 0.311. The van der Waals surface area contributed by atoms with Crippen LogP contribution in [0.4, 0.5) is 0 Å². The maximum atomic E-state index is 5.71. The molecule has 2 rings (SSSR count). The van der Waals surface area contributed by atoms with Gasteiger partial charge in [-0.2, -0.15) is 0 Å². The van der Waals surface area contributed by atoms with Crippen LogP contribution < -0.4 is 10.1 Å². The Morgan fingerprint density at radius 3 is 2.65 bits per heavy atom. The summed E-state index contributed by atoms with van der Waals surface area (Å²) in [4.78, 5) is 4.36. The first-order valence-electron chi connectivity index (χ1n) is 8.10. The molecule has 3 heteroatoms. The molecule has 1 heterocycles. The van der Waals surface area contributed by atoms with E-state index < -0.39 is 0 Å². The van der Waals surface area contributed by atoms with Crippen molar-refractivity contribution < 1.29 is 4.74 Å². The van der Waals surface area contributed by atoms with Crippen LogP contribution in [0.25, 0.3) is 0 Å². The molecule has 1 aliphatic rings. The summed E-state index contributed by atoms with van der Waals surface area (Å²) in [5, 5.41) is 3.50. The average molecular weight is 276 g/mol. The Balaban J connectivity index is 2.09. The predicted octanol–water partition coefficient (Wildman–Crippen LogP) is 4.10. The number of rotatable bonds is 6.